The topological polar surface area (TPSA) is 68.5 Å². The van der Waals surface area contributed by atoms with Crippen molar-refractivity contribution in [3.63, 3.8) is 0 Å². The molecule has 1 N–H and O–H groups in total. The molecule has 1 unspecified atom stereocenters. The number of carbonyl (C=O) groups is 1. The molecule has 130 valence electrons. The molecule has 4 rings (SSSR count). The van der Waals surface area contributed by atoms with E-state index < -0.39 is 11.9 Å². The fourth-order valence-corrected chi connectivity index (χ4v) is 3.10. The highest BCUT2D eigenvalue weighted by molar-refractivity contribution is 6.34. The number of aromatic nitrogens is 2. The van der Waals surface area contributed by atoms with E-state index in [0.717, 1.165) is 18.5 Å². The molecule has 0 spiro atoms. The van der Waals surface area contributed by atoms with Crippen molar-refractivity contribution in [2.75, 3.05) is 5.32 Å². The van der Waals surface area contributed by atoms with Gasteiger partial charge in [0.15, 0.2) is 0 Å². The Morgan fingerprint density at radius 3 is 2.96 bits per heavy atom. The van der Waals surface area contributed by atoms with Crippen LogP contribution in [-0.2, 0) is 16.7 Å². The summed E-state index contributed by atoms with van der Waals surface area (Å²) >= 11 is 6.04. The molecule has 8 heteroatoms. The smallest absolute Gasteiger partial charge is 0.269 e. The number of halogens is 2. The van der Waals surface area contributed by atoms with Gasteiger partial charge in [-0.25, -0.2) is 4.39 Å². The minimum Gasteiger partial charge on any atom is -0.382 e. The van der Waals surface area contributed by atoms with Crippen LogP contribution in [0.25, 0.3) is 0 Å². The minimum absolute atomic E-state index is 0.153. The lowest BCUT2D eigenvalue weighted by molar-refractivity contribution is -0.125. The average Bonchev–Trinajstić information content (AvgIpc) is 3.20. The molecule has 1 fully saturated rings. The van der Waals surface area contributed by atoms with E-state index in [4.69, 9.17) is 16.4 Å². The lowest BCUT2D eigenvalue weighted by Gasteiger charge is -2.09. The van der Waals surface area contributed by atoms with Crippen LogP contribution in [0.5, 0.6) is 0 Å². The molecule has 1 amide bonds. The summed E-state index contributed by atoms with van der Waals surface area (Å²) in [5, 5.41) is 11.3. The highest BCUT2D eigenvalue weighted by Gasteiger charge is 2.32. The summed E-state index contributed by atoms with van der Waals surface area (Å²) in [4.78, 5) is 17.6. The number of anilines is 1. The summed E-state index contributed by atoms with van der Waals surface area (Å²) in [5.41, 5.74) is 1.49. The summed E-state index contributed by atoms with van der Waals surface area (Å²) in [6.45, 7) is 0. The van der Waals surface area contributed by atoms with E-state index in [-0.39, 0.29) is 22.9 Å². The Hall–Kier alpha value is -2.41. The zero-order chi connectivity index (χ0) is 17.6. The second-order valence-corrected chi connectivity index (χ2v) is 6.68. The third-order valence-corrected chi connectivity index (χ3v) is 4.67. The fourth-order valence-electron chi connectivity index (χ4n) is 2.83. The zero-order valence-electron chi connectivity index (χ0n) is 13.5. The van der Waals surface area contributed by atoms with Crippen LogP contribution in [0.2, 0.25) is 5.02 Å². The summed E-state index contributed by atoms with van der Waals surface area (Å²) in [7, 11) is 1.78. The minimum atomic E-state index is -0.829. The molecule has 0 radical (unpaired) electrons. The van der Waals surface area contributed by atoms with E-state index >= 15 is 0 Å². The molecule has 0 saturated heterocycles. The molecule has 1 atom stereocenters. The van der Waals surface area contributed by atoms with Crippen molar-refractivity contribution in [1.82, 2.24) is 9.78 Å². The van der Waals surface area contributed by atoms with E-state index in [1.807, 2.05) is 6.07 Å². The van der Waals surface area contributed by atoms with Gasteiger partial charge in [-0.1, -0.05) is 22.8 Å². The molecular formula is C17H16ClFN4O2. The van der Waals surface area contributed by atoms with Crippen LogP contribution in [0.15, 0.2) is 29.4 Å². The Morgan fingerprint density at radius 2 is 2.24 bits per heavy atom. The molecule has 2 aliphatic rings. The Kier molecular flexibility index (Phi) is 3.95. The predicted octanol–water partition coefficient (Wildman–Crippen LogP) is 3.22. The van der Waals surface area contributed by atoms with Crippen LogP contribution in [-0.4, -0.2) is 27.5 Å². The van der Waals surface area contributed by atoms with E-state index in [9.17, 15) is 9.18 Å². The van der Waals surface area contributed by atoms with Crippen molar-refractivity contribution < 1.29 is 14.0 Å². The number of aryl methyl sites for hydroxylation is 1. The Morgan fingerprint density at radius 1 is 1.44 bits per heavy atom. The van der Waals surface area contributed by atoms with Gasteiger partial charge in [0.1, 0.15) is 11.6 Å². The molecule has 1 saturated carbocycles. The van der Waals surface area contributed by atoms with Gasteiger partial charge in [0, 0.05) is 25.5 Å². The van der Waals surface area contributed by atoms with Crippen LogP contribution in [0, 0.1) is 5.82 Å². The van der Waals surface area contributed by atoms with Crippen LogP contribution < -0.4 is 5.32 Å². The van der Waals surface area contributed by atoms with Crippen molar-refractivity contribution in [3.05, 3.63) is 46.4 Å². The Labute approximate surface area is 148 Å². The number of amides is 1. The maximum Gasteiger partial charge on any atom is 0.269 e. The van der Waals surface area contributed by atoms with Gasteiger partial charge < -0.3 is 10.2 Å². The zero-order valence-corrected chi connectivity index (χ0v) is 14.3. The first-order valence-corrected chi connectivity index (χ1v) is 8.42. The Bertz CT molecular complexity index is 855. The molecule has 1 aliphatic heterocycles. The molecule has 1 aromatic heterocycles. The SMILES string of the molecule is Cn1nc(C2CC2)cc1NC(=O)C1CC(c2c(F)cccc2Cl)=NO1. The lowest BCUT2D eigenvalue weighted by Crippen LogP contribution is -2.29. The normalized spacial score (nSPS) is 19.5. The van der Waals surface area contributed by atoms with Crippen molar-refractivity contribution in [1.29, 1.82) is 0 Å². The lowest BCUT2D eigenvalue weighted by atomic mass is 10.0. The first-order chi connectivity index (χ1) is 12.0. The van der Waals surface area contributed by atoms with Crippen LogP contribution >= 0.6 is 11.6 Å². The average molecular weight is 363 g/mol. The summed E-state index contributed by atoms with van der Waals surface area (Å²) in [6, 6.07) is 6.26. The van der Waals surface area contributed by atoms with Crippen molar-refractivity contribution in [2.24, 2.45) is 12.2 Å². The van der Waals surface area contributed by atoms with E-state index in [1.165, 1.54) is 12.1 Å². The largest absolute Gasteiger partial charge is 0.382 e. The number of hydrogen-bond donors (Lipinski definition) is 1. The number of benzene rings is 1. The monoisotopic (exact) mass is 362 g/mol. The first-order valence-electron chi connectivity index (χ1n) is 8.05. The standard InChI is InChI=1S/C17H16ClFN4O2/c1-23-15(8-12(21-23)9-5-6-9)20-17(24)14-7-13(22-25-14)16-10(18)3-2-4-11(16)19/h2-4,8-9,14H,5-7H2,1H3,(H,20,24). The number of rotatable bonds is 4. The first kappa shape index (κ1) is 16.1. The maximum absolute atomic E-state index is 14.0. The molecule has 2 heterocycles. The van der Waals surface area contributed by atoms with Gasteiger partial charge in [-0.2, -0.15) is 5.10 Å². The second-order valence-electron chi connectivity index (χ2n) is 6.27. The van der Waals surface area contributed by atoms with Crippen molar-refractivity contribution >= 4 is 29.0 Å². The third-order valence-electron chi connectivity index (χ3n) is 4.36. The third kappa shape index (κ3) is 3.11. The van der Waals surface area contributed by atoms with Crippen molar-refractivity contribution in [3.8, 4) is 0 Å². The number of nitrogens with zero attached hydrogens (tertiary/aromatic N) is 3. The van der Waals surface area contributed by atoms with Gasteiger partial charge in [-0.05, 0) is 25.0 Å². The van der Waals surface area contributed by atoms with Crippen LogP contribution in [0.3, 0.4) is 0 Å². The molecule has 25 heavy (non-hydrogen) atoms. The van der Waals surface area contributed by atoms with Gasteiger partial charge in [-0.15, -0.1) is 0 Å². The second kappa shape index (κ2) is 6.15. The Balaban J connectivity index is 1.45. The summed E-state index contributed by atoms with van der Waals surface area (Å²) in [5.74, 6) is 0.263. The van der Waals surface area contributed by atoms with E-state index in [0.29, 0.717) is 17.4 Å². The van der Waals surface area contributed by atoms with E-state index in [2.05, 4.69) is 15.6 Å². The van der Waals surface area contributed by atoms with Crippen LogP contribution in [0.1, 0.15) is 36.4 Å². The van der Waals surface area contributed by atoms with Gasteiger partial charge in [0.05, 0.1) is 22.0 Å². The van der Waals surface area contributed by atoms with Crippen LogP contribution in [0.4, 0.5) is 10.2 Å². The highest BCUT2D eigenvalue weighted by atomic mass is 35.5. The fraction of sp³-hybridized carbons (Fsp3) is 0.353. The molecular weight excluding hydrogens is 347 g/mol. The molecule has 1 aromatic carbocycles. The van der Waals surface area contributed by atoms with Crippen molar-refractivity contribution in [2.45, 2.75) is 31.3 Å². The van der Waals surface area contributed by atoms with Gasteiger partial charge in [-0.3, -0.25) is 9.48 Å². The predicted molar refractivity (Wildman–Crippen MR) is 91.2 cm³/mol. The molecule has 1 aliphatic carbocycles. The maximum atomic E-state index is 14.0. The quantitative estimate of drug-likeness (QED) is 0.908. The highest BCUT2D eigenvalue weighted by Crippen LogP contribution is 2.40. The van der Waals surface area contributed by atoms with Gasteiger partial charge >= 0.3 is 0 Å². The summed E-state index contributed by atoms with van der Waals surface area (Å²) in [6.07, 6.45) is 1.60. The molecule has 2 aromatic rings. The molecule has 0 bridgehead atoms. The number of carbonyl (C=O) groups excluding carboxylic acids is 1. The number of oxime groups is 1. The van der Waals surface area contributed by atoms with Gasteiger partial charge in [0.25, 0.3) is 5.91 Å². The van der Waals surface area contributed by atoms with E-state index in [1.54, 1.807) is 17.8 Å². The number of nitrogens with one attached hydrogen (secondary N) is 1. The summed E-state index contributed by atoms with van der Waals surface area (Å²) < 4.78 is 15.6. The molecule has 6 nitrogen and oxygen atoms in total. The number of hydrogen-bond acceptors (Lipinski definition) is 4. The van der Waals surface area contributed by atoms with Gasteiger partial charge in [0.2, 0.25) is 6.10 Å².